The summed E-state index contributed by atoms with van der Waals surface area (Å²) in [6.07, 6.45) is 4.86. The van der Waals surface area contributed by atoms with E-state index in [1.807, 2.05) is 0 Å². The lowest BCUT2D eigenvalue weighted by molar-refractivity contribution is 0.0869. The van der Waals surface area contributed by atoms with Crippen molar-refractivity contribution in [2.24, 2.45) is 5.92 Å². The topological polar surface area (TPSA) is 21.8 Å². The Morgan fingerprint density at radius 3 is 2.73 bits per heavy atom. The molecular weight excluding hydrogens is 140 g/mol. The highest BCUT2D eigenvalue weighted by Gasteiger charge is 2.47. The van der Waals surface area contributed by atoms with Gasteiger partial charge < -0.3 is 9.47 Å². The van der Waals surface area contributed by atoms with Crippen LogP contribution in [0, 0.1) is 5.92 Å². The first-order chi connectivity index (χ1) is 5.40. The molecule has 0 unspecified atom stereocenters. The van der Waals surface area contributed by atoms with Crippen LogP contribution in [0.3, 0.4) is 0 Å². The van der Waals surface area contributed by atoms with Gasteiger partial charge in [0, 0.05) is 13.2 Å². The van der Waals surface area contributed by atoms with E-state index in [2.05, 4.69) is 6.92 Å². The van der Waals surface area contributed by atoms with E-state index >= 15 is 0 Å². The number of rotatable bonds is 4. The average Bonchev–Trinajstić information content (AvgIpc) is 2.61. The molecule has 2 atom stereocenters. The fourth-order valence-corrected chi connectivity index (χ4v) is 1.88. The number of ether oxygens (including phenoxy) is 2. The van der Waals surface area contributed by atoms with Crippen LogP contribution in [0.4, 0.5) is 0 Å². The third kappa shape index (κ3) is 1.74. The van der Waals surface area contributed by atoms with Crippen LogP contribution in [0.25, 0.3) is 0 Å². The predicted molar refractivity (Wildman–Crippen MR) is 42.5 cm³/mol. The van der Waals surface area contributed by atoms with Gasteiger partial charge in [0.1, 0.15) is 0 Å². The van der Waals surface area contributed by atoms with E-state index in [4.69, 9.17) is 9.47 Å². The molecule has 2 heteroatoms. The molecule has 64 valence electrons. The van der Waals surface area contributed by atoms with Crippen molar-refractivity contribution < 1.29 is 9.47 Å². The summed E-state index contributed by atoms with van der Waals surface area (Å²) in [7, 11) is 0. The zero-order chi connectivity index (χ0) is 7.68. The molecule has 0 amide bonds. The summed E-state index contributed by atoms with van der Waals surface area (Å²) in [6, 6.07) is 0. The third-order valence-electron chi connectivity index (χ3n) is 2.52. The molecule has 1 saturated carbocycles. The molecule has 1 heterocycles. The molecule has 0 aromatic heterocycles. The van der Waals surface area contributed by atoms with Gasteiger partial charge in [-0.25, -0.2) is 0 Å². The summed E-state index contributed by atoms with van der Waals surface area (Å²) >= 11 is 0. The van der Waals surface area contributed by atoms with Gasteiger partial charge in [0.2, 0.25) is 0 Å². The molecule has 2 fully saturated rings. The molecule has 0 aromatic rings. The highest BCUT2D eigenvalue weighted by atomic mass is 16.6. The summed E-state index contributed by atoms with van der Waals surface area (Å²) in [5.74, 6) is 0.797. The maximum Gasteiger partial charge on any atom is 0.0845 e. The Bertz CT molecular complexity index is 126. The lowest BCUT2D eigenvalue weighted by Gasteiger charge is -2.10. The van der Waals surface area contributed by atoms with E-state index in [0.717, 1.165) is 25.6 Å². The lowest BCUT2D eigenvalue weighted by atomic mass is 10.1. The van der Waals surface area contributed by atoms with Gasteiger partial charge in [0.25, 0.3) is 0 Å². The Hall–Kier alpha value is -0.0800. The zero-order valence-corrected chi connectivity index (χ0v) is 7.08. The minimum Gasteiger partial charge on any atom is -0.381 e. The van der Waals surface area contributed by atoms with Crippen LogP contribution in [0.5, 0.6) is 0 Å². The molecule has 2 nitrogen and oxygen atoms in total. The Morgan fingerprint density at radius 2 is 2.09 bits per heavy atom. The molecule has 0 aromatic carbocycles. The van der Waals surface area contributed by atoms with Crippen LogP contribution in [0.15, 0.2) is 0 Å². The molecule has 0 spiro atoms. The largest absolute Gasteiger partial charge is 0.381 e. The third-order valence-corrected chi connectivity index (χ3v) is 2.52. The second-order valence-corrected chi connectivity index (χ2v) is 3.63. The monoisotopic (exact) mass is 156 g/mol. The fraction of sp³-hybridized carbons (Fsp3) is 1.00. The number of epoxide rings is 1. The van der Waals surface area contributed by atoms with E-state index < -0.39 is 0 Å². The maximum absolute atomic E-state index is 5.48. The van der Waals surface area contributed by atoms with E-state index in [-0.39, 0.29) is 0 Å². The van der Waals surface area contributed by atoms with Gasteiger partial charge >= 0.3 is 0 Å². The van der Waals surface area contributed by atoms with Crippen LogP contribution in [-0.2, 0) is 9.47 Å². The van der Waals surface area contributed by atoms with Crippen molar-refractivity contribution in [3.05, 3.63) is 0 Å². The van der Waals surface area contributed by atoms with Crippen molar-refractivity contribution in [3.8, 4) is 0 Å². The number of hydrogen-bond donors (Lipinski definition) is 0. The smallest absolute Gasteiger partial charge is 0.0845 e. The van der Waals surface area contributed by atoms with Crippen LogP contribution >= 0.6 is 0 Å². The molecule has 0 N–H and O–H groups in total. The van der Waals surface area contributed by atoms with Crippen LogP contribution in [-0.4, -0.2) is 25.4 Å². The maximum atomic E-state index is 5.48. The lowest BCUT2D eigenvalue weighted by Crippen LogP contribution is -2.09. The fourth-order valence-electron chi connectivity index (χ4n) is 1.88. The van der Waals surface area contributed by atoms with Gasteiger partial charge in [-0.15, -0.1) is 0 Å². The first-order valence-electron chi connectivity index (χ1n) is 4.63. The van der Waals surface area contributed by atoms with Crippen molar-refractivity contribution in [2.45, 2.75) is 38.4 Å². The van der Waals surface area contributed by atoms with E-state index in [9.17, 15) is 0 Å². The van der Waals surface area contributed by atoms with Crippen LogP contribution in [0.2, 0.25) is 0 Å². The Balaban J connectivity index is 1.57. The van der Waals surface area contributed by atoms with Crippen molar-refractivity contribution in [1.82, 2.24) is 0 Å². The quantitative estimate of drug-likeness (QED) is 0.455. The number of hydrogen-bond acceptors (Lipinski definition) is 2. The standard InChI is InChI=1S/C9H16O2/c1-2-3-10-6-7-4-8-9(5-7)11-8/h7-9H,2-6H2,1H3/t8-,9-/m1/s1. The van der Waals surface area contributed by atoms with Gasteiger partial charge in [-0.05, 0) is 25.2 Å². The summed E-state index contributed by atoms with van der Waals surface area (Å²) in [6.45, 7) is 4.03. The Kier molecular flexibility index (Phi) is 2.14. The summed E-state index contributed by atoms with van der Waals surface area (Å²) in [5, 5.41) is 0. The van der Waals surface area contributed by atoms with Crippen molar-refractivity contribution in [3.63, 3.8) is 0 Å². The van der Waals surface area contributed by atoms with Gasteiger partial charge in [-0.1, -0.05) is 6.92 Å². The number of fused-ring (bicyclic) bond motifs is 1. The summed E-state index contributed by atoms with van der Waals surface area (Å²) in [5.41, 5.74) is 0. The molecule has 1 aliphatic heterocycles. The molecular formula is C9H16O2. The highest BCUT2D eigenvalue weighted by Crippen LogP contribution is 2.42. The van der Waals surface area contributed by atoms with Gasteiger partial charge in [-0.2, -0.15) is 0 Å². The van der Waals surface area contributed by atoms with Gasteiger partial charge in [0.05, 0.1) is 12.2 Å². The van der Waals surface area contributed by atoms with Gasteiger partial charge in [0.15, 0.2) is 0 Å². The molecule has 0 bridgehead atoms. The van der Waals surface area contributed by atoms with E-state index in [1.165, 1.54) is 12.8 Å². The molecule has 1 aliphatic carbocycles. The minimum atomic E-state index is 0.616. The molecule has 11 heavy (non-hydrogen) atoms. The molecule has 2 aliphatic rings. The van der Waals surface area contributed by atoms with Crippen molar-refractivity contribution >= 4 is 0 Å². The van der Waals surface area contributed by atoms with Gasteiger partial charge in [-0.3, -0.25) is 0 Å². The first-order valence-corrected chi connectivity index (χ1v) is 4.63. The summed E-state index contributed by atoms with van der Waals surface area (Å²) < 4.78 is 10.8. The normalized spacial score (nSPS) is 35.7. The molecule has 2 rings (SSSR count). The summed E-state index contributed by atoms with van der Waals surface area (Å²) in [4.78, 5) is 0. The molecule has 1 saturated heterocycles. The second-order valence-electron chi connectivity index (χ2n) is 3.63. The zero-order valence-electron chi connectivity index (χ0n) is 7.08. The van der Waals surface area contributed by atoms with E-state index in [1.54, 1.807) is 0 Å². The Morgan fingerprint density at radius 1 is 1.36 bits per heavy atom. The minimum absolute atomic E-state index is 0.616. The highest BCUT2D eigenvalue weighted by molar-refractivity contribution is 4.95. The first kappa shape index (κ1) is 7.56. The average molecular weight is 156 g/mol. The SMILES string of the molecule is CCCOCC1C[C@H]2O[C@@H]2C1. The Labute approximate surface area is 67.9 Å². The van der Waals surface area contributed by atoms with Crippen LogP contribution in [0.1, 0.15) is 26.2 Å². The second kappa shape index (κ2) is 3.11. The van der Waals surface area contributed by atoms with Crippen molar-refractivity contribution in [1.29, 1.82) is 0 Å². The van der Waals surface area contributed by atoms with E-state index in [0.29, 0.717) is 12.2 Å². The van der Waals surface area contributed by atoms with Crippen LogP contribution < -0.4 is 0 Å². The predicted octanol–water partition coefficient (Wildman–Crippen LogP) is 1.59. The van der Waals surface area contributed by atoms with Crippen molar-refractivity contribution in [2.75, 3.05) is 13.2 Å². The molecule has 0 radical (unpaired) electrons.